The van der Waals surface area contributed by atoms with Gasteiger partial charge in [0.15, 0.2) is 0 Å². The van der Waals surface area contributed by atoms with Gasteiger partial charge in [0.05, 0.1) is 5.56 Å². The highest BCUT2D eigenvalue weighted by atomic mass is 16.1. The first-order valence-corrected chi connectivity index (χ1v) is 5.68. The number of hydrogen-bond donors (Lipinski definition) is 2. The van der Waals surface area contributed by atoms with E-state index < -0.39 is 0 Å². The number of carbonyl (C=O) groups is 1. The van der Waals surface area contributed by atoms with Crippen LogP contribution in [0.2, 0.25) is 0 Å². The lowest BCUT2D eigenvalue weighted by atomic mass is 10.2. The minimum absolute atomic E-state index is 0.168. The smallest absolute Gasteiger partial charge is 0.252 e. The van der Waals surface area contributed by atoms with Crippen molar-refractivity contribution in [2.24, 2.45) is 0 Å². The van der Waals surface area contributed by atoms with Crippen molar-refractivity contribution < 1.29 is 4.79 Å². The second-order valence-electron chi connectivity index (χ2n) is 4.27. The van der Waals surface area contributed by atoms with Crippen molar-refractivity contribution in [1.29, 1.82) is 0 Å². The Kier molecular flexibility index (Phi) is 4.90. The maximum atomic E-state index is 11.7. The van der Waals surface area contributed by atoms with Gasteiger partial charge in [0, 0.05) is 31.4 Å². The Morgan fingerprint density at radius 2 is 2.18 bits per heavy atom. The fourth-order valence-electron chi connectivity index (χ4n) is 1.26. The molecule has 1 rings (SSSR count). The van der Waals surface area contributed by atoms with E-state index in [4.69, 9.17) is 0 Å². The van der Waals surface area contributed by atoms with Crippen LogP contribution in [0.25, 0.3) is 0 Å². The van der Waals surface area contributed by atoms with Gasteiger partial charge in [-0.2, -0.15) is 0 Å². The van der Waals surface area contributed by atoms with E-state index in [2.05, 4.69) is 29.0 Å². The third-order valence-electron chi connectivity index (χ3n) is 2.68. The number of aromatic amines is 1. The average molecular weight is 237 g/mol. The first kappa shape index (κ1) is 13.4. The normalized spacial score (nSPS) is 10.9. The molecule has 0 aliphatic carbocycles. The maximum absolute atomic E-state index is 11.7. The molecule has 0 atom stereocenters. The molecule has 0 unspecified atom stereocenters. The Labute approximate surface area is 101 Å². The molecule has 0 aliphatic heterocycles. The minimum Gasteiger partial charge on any atom is -0.351 e. The van der Waals surface area contributed by atoms with Gasteiger partial charge in [-0.25, -0.2) is 0 Å². The van der Waals surface area contributed by atoms with Crippen LogP contribution in [0.4, 0.5) is 0 Å². The molecule has 0 saturated heterocycles. The molecule has 0 aromatic carbocycles. The monoisotopic (exact) mass is 237 g/mol. The van der Waals surface area contributed by atoms with Crippen LogP contribution >= 0.6 is 0 Å². The Morgan fingerprint density at radius 1 is 1.47 bits per heavy atom. The lowest BCUT2D eigenvalue weighted by Gasteiger charge is -2.20. The summed E-state index contributed by atoms with van der Waals surface area (Å²) < 4.78 is 0. The molecule has 94 valence electrons. The molecule has 1 amide bonds. The number of nitrogens with one attached hydrogen (secondary N) is 2. The van der Waals surface area contributed by atoms with Gasteiger partial charge in [0.1, 0.15) is 0 Å². The molecule has 2 N–H and O–H groups in total. The highest BCUT2D eigenvalue weighted by Crippen LogP contribution is 1.94. The van der Waals surface area contributed by atoms with Crippen LogP contribution in [0.5, 0.6) is 0 Å². The molecular weight excluding hydrogens is 218 g/mol. The predicted octanol–water partition coefficient (Wildman–Crippen LogP) is 0.445. The number of likely N-dealkylation sites (N-methyl/N-ethyl adjacent to an activating group) is 1. The summed E-state index contributed by atoms with van der Waals surface area (Å²) in [4.78, 5) is 27.1. The molecule has 0 bridgehead atoms. The van der Waals surface area contributed by atoms with Gasteiger partial charge in [-0.05, 0) is 27.0 Å². The third kappa shape index (κ3) is 4.40. The third-order valence-corrected chi connectivity index (χ3v) is 2.68. The molecule has 0 radical (unpaired) electrons. The second kappa shape index (κ2) is 6.20. The Morgan fingerprint density at radius 3 is 2.71 bits per heavy atom. The lowest BCUT2D eigenvalue weighted by Crippen LogP contribution is -2.36. The predicted molar refractivity (Wildman–Crippen MR) is 67.2 cm³/mol. The van der Waals surface area contributed by atoms with Crippen molar-refractivity contribution in [3.05, 3.63) is 34.2 Å². The van der Waals surface area contributed by atoms with Crippen LogP contribution in [0, 0.1) is 0 Å². The summed E-state index contributed by atoms with van der Waals surface area (Å²) in [6.07, 6.45) is 1.42. The first-order valence-electron chi connectivity index (χ1n) is 5.68. The summed E-state index contributed by atoms with van der Waals surface area (Å²) in [7, 11) is 2.01. The molecule has 0 fully saturated rings. The molecular formula is C12H19N3O2. The number of H-pyrrole nitrogens is 1. The molecule has 17 heavy (non-hydrogen) atoms. The van der Waals surface area contributed by atoms with Crippen molar-refractivity contribution in [2.45, 2.75) is 19.9 Å². The van der Waals surface area contributed by atoms with E-state index in [0.717, 1.165) is 6.54 Å². The van der Waals surface area contributed by atoms with E-state index in [1.54, 1.807) is 0 Å². The molecule has 0 saturated carbocycles. The Hall–Kier alpha value is -1.62. The van der Waals surface area contributed by atoms with E-state index >= 15 is 0 Å². The van der Waals surface area contributed by atoms with Crippen molar-refractivity contribution in [3.63, 3.8) is 0 Å². The van der Waals surface area contributed by atoms with Crippen molar-refractivity contribution >= 4 is 5.91 Å². The number of pyridine rings is 1. The van der Waals surface area contributed by atoms with Crippen LogP contribution in [0.3, 0.4) is 0 Å². The summed E-state index contributed by atoms with van der Waals surface area (Å²) in [5.74, 6) is -0.168. The van der Waals surface area contributed by atoms with Crippen LogP contribution in [0.1, 0.15) is 24.2 Å². The van der Waals surface area contributed by atoms with Crippen LogP contribution in [-0.4, -0.2) is 42.0 Å². The standard InChI is InChI=1S/C12H19N3O2/c1-9(2)15(3)7-6-13-12(17)10-4-5-11(16)14-8-10/h4-5,8-9H,6-7H2,1-3H3,(H,13,17)(H,14,16). The van der Waals surface area contributed by atoms with E-state index in [9.17, 15) is 9.59 Å². The molecule has 5 heteroatoms. The second-order valence-corrected chi connectivity index (χ2v) is 4.27. The summed E-state index contributed by atoms with van der Waals surface area (Å²) >= 11 is 0. The van der Waals surface area contributed by atoms with Gasteiger partial charge >= 0.3 is 0 Å². The van der Waals surface area contributed by atoms with Crippen molar-refractivity contribution in [3.8, 4) is 0 Å². The van der Waals surface area contributed by atoms with Crippen LogP contribution < -0.4 is 10.9 Å². The quantitative estimate of drug-likeness (QED) is 0.781. The van der Waals surface area contributed by atoms with Gasteiger partial charge in [0.2, 0.25) is 5.56 Å². The van der Waals surface area contributed by atoms with Gasteiger partial charge < -0.3 is 15.2 Å². The summed E-state index contributed by atoms with van der Waals surface area (Å²) in [6.45, 7) is 5.59. The molecule has 0 spiro atoms. The maximum Gasteiger partial charge on any atom is 0.252 e. The zero-order valence-electron chi connectivity index (χ0n) is 10.5. The highest BCUT2D eigenvalue weighted by molar-refractivity contribution is 5.93. The van der Waals surface area contributed by atoms with E-state index in [1.165, 1.54) is 18.3 Å². The minimum atomic E-state index is -0.207. The fourth-order valence-corrected chi connectivity index (χ4v) is 1.26. The topological polar surface area (TPSA) is 65.2 Å². The Balaban J connectivity index is 2.40. The highest BCUT2D eigenvalue weighted by Gasteiger charge is 2.06. The van der Waals surface area contributed by atoms with Crippen molar-refractivity contribution in [1.82, 2.24) is 15.2 Å². The SMILES string of the molecule is CC(C)N(C)CCNC(=O)c1ccc(=O)[nH]c1. The molecule has 0 aliphatic rings. The zero-order valence-corrected chi connectivity index (χ0v) is 10.5. The molecule has 1 aromatic heterocycles. The van der Waals surface area contributed by atoms with Crippen molar-refractivity contribution in [2.75, 3.05) is 20.1 Å². The van der Waals surface area contributed by atoms with E-state index in [1.807, 2.05) is 7.05 Å². The number of amides is 1. The number of aromatic nitrogens is 1. The average Bonchev–Trinajstić information content (AvgIpc) is 2.29. The summed E-state index contributed by atoms with van der Waals surface area (Å²) in [6, 6.07) is 3.31. The largest absolute Gasteiger partial charge is 0.351 e. The van der Waals surface area contributed by atoms with Gasteiger partial charge in [0.25, 0.3) is 5.91 Å². The fraction of sp³-hybridized carbons (Fsp3) is 0.500. The number of carbonyl (C=O) groups excluding carboxylic acids is 1. The molecule has 1 heterocycles. The van der Waals surface area contributed by atoms with Crippen LogP contribution in [0.15, 0.2) is 23.1 Å². The summed E-state index contributed by atoms with van der Waals surface area (Å²) in [5.41, 5.74) is 0.262. The first-order chi connectivity index (χ1) is 8.00. The molecule has 5 nitrogen and oxygen atoms in total. The Bertz CT molecular complexity index is 406. The van der Waals surface area contributed by atoms with Gasteiger partial charge in [-0.1, -0.05) is 0 Å². The van der Waals surface area contributed by atoms with Crippen LogP contribution in [-0.2, 0) is 0 Å². The zero-order chi connectivity index (χ0) is 12.8. The van der Waals surface area contributed by atoms with E-state index in [-0.39, 0.29) is 11.5 Å². The van der Waals surface area contributed by atoms with E-state index in [0.29, 0.717) is 18.2 Å². The lowest BCUT2D eigenvalue weighted by molar-refractivity contribution is 0.0947. The summed E-state index contributed by atoms with van der Waals surface area (Å²) in [5, 5.41) is 2.80. The number of rotatable bonds is 5. The number of nitrogens with zero attached hydrogens (tertiary/aromatic N) is 1. The molecule has 1 aromatic rings. The number of hydrogen-bond acceptors (Lipinski definition) is 3. The van der Waals surface area contributed by atoms with Gasteiger partial charge in [-0.3, -0.25) is 9.59 Å². The van der Waals surface area contributed by atoms with Gasteiger partial charge in [-0.15, -0.1) is 0 Å².